The van der Waals surface area contributed by atoms with Crippen LogP contribution in [-0.2, 0) is 14.4 Å². The maximum absolute atomic E-state index is 11.2. The van der Waals surface area contributed by atoms with E-state index in [-0.39, 0.29) is 19.4 Å². The molecule has 0 radical (unpaired) electrons. The van der Waals surface area contributed by atoms with E-state index in [1.54, 1.807) is 0 Å². The fourth-order valence-electron chi connectivity index (χ4n) is 0.896. The highest BCUT2D eigenvalue weighted by Crippen LogP contribution is 1.91. The maximum Gasteiger partial charge on any atom is 0.332 e. The van der Waals surface area contributed by atoms with E-state index in [4.69, 9.17) is 21.7 Å². The van der Waals surface area contributed by atoms with Gasteiger partial charge in [-0.2, -0.15) is 0 Å². The highest BCUT2D eigenvalue weighted by Gasteiger charge is 2.17. The summed E-state index contributed by atoms with van der Waals surface area (Å²) >= 11 is 0. The number of aliphatic carboxylic acids is 1. The molecule has 0 spiro atoms. The second-order valence-electron chi connectivity index (χ2n) is 3.21. The first kappa shape index (κ1) is 14.3. The lowest BCUT2D eigenvalue weighted by atomic mass is 10.2. The molecule has 8 heteroatoms. The van der Waals surface area contributed by atoms with Gasteiger partial charge in [0, 0.05) is 13.0 Å². The highest BCUT2D eigenvalue weighted by molar-refractivity contribution is 5.87. The highest BCUT2D eigenvalue weighted by atomic mass is 16.4. The first-order valence-corrected chi connectivity index (χ1v) is 4.57. The van der Waals surface area contributed by atoms with Gasteiger partial charge in [-0.05, 0) is 0 Å². The SMILES string of the molecule is NC(=O)CC(N)C(=O)NCC[C@H](O)C(=O)O. The lowest BCUT2D eigenvalue weighted by Gasteiger charge is -2.11. The van der Waals surface area contributed by atoms with Crippen LogP contribution in [0, 0.1) is 0 Å². The molecule has 0 aliphatic rings. The lowest BCUT2D eigenvalue weighted by Crippen LogP contribution is -2.44. The average molecular weight is 233 g/mol. The van der Waals surface area contributed by atoms with Gasteiger partial charge in [-0.25, -0.2) is 4.79 Å². The molecule has 7 N–H and O–H groups in total. The minimum Gasteiger partial charge on any atom is -0.479 e. The predicted octanol–water partition coefficient (Wildman–Crippen LogP) is -2.86. The zero-order valence-electron chi connectivity index (χ0n) is 8.55. The molecule has 0 aromatic rings. The number of hydrogen-bond donors (Lipinski definition) is 5. The van der Waals surface area contributed by atoms with Crippen molar-refractivity contribution >= 4 is 17.8 Å². The molecule has 0 heterocycles. The molecule has 16 heavy (non-hydrogen) atoms. The number of rotatable bonds is 7. The molecular weight excluding hydrogens is 218 g/mol. The second kappa shape index (κ2) is 6.75. The first-order chi connectivity index (χ1) is 7.34. The Balaban J connectivity index is 3.81. The van der Waals surface area contributed by atoms with Crippen LogP contribution in [0.5, 0.6) is 0 Å². The molecule has 0 rings (SSSR count). The van der Waals surface area contributed by atoms with Gasteiger partial charge >= 0.3 is 5.97 Å². The van der Waals surface area contributed by atoms with Crippen LogP contribution in [0.15, 0.2) is 0 Å². The predicted molar refractivity (Wildman–Crippen MR) is 53.1 cm³/mol. The van der Waals surface area contributed by atoms with E-state index >= 15 is 0 Å². The third-order valence-electron chi connectivity index (χ3n) is 1.76. The van der Waals surface area contributed by atoms with Crippen LogP contribution in [0.25, 0.3) is 0 Å². The van der Waals surface area contributed by atoms with Crippen LogP contribution < -0.4 is 16.8 Å². The van der Waals surface area contributed by atoms with E-state index in [2.05, 4.69) is 5.32 Å². The molecule has 0 saturated carbocycles. The lowest BCUT2D eigenvalue weighted by molar-refractivity contribution is -0.147. The van der Waals surface area contributed by atoms with Crippen LogP contribution in [0.3, 0.4) is 0 Å². The van der Waals surface area contributed by atoms with E-state index < -0.39 is 29.9 Å². The zero-order valence-corrected chi connectivity index (χ0v) is 8.55. The molecule has 0 aromatic heterocycles. The number of aliphatic hydroxyl groups is 1. The molecule has 1 unspecified atom stereocenters. The van der Waals surface area contributed by atoms with Crippen molar-refractivity contribution in [2.45, 2.75) is 25.0 Å². The van der Waals surface area contributed by atoms with Crippen LogP contribution in [-0.4, -0.2) is 46.7 Å². The monoisotopic (exact) mass is 233 g/mol. The van der Waals surface area contributed by atoms with Crippen LogP contribution in [0.4, 0.5) is 0 Å². The van der Waals surface area contributed by atoms with Crippen molar-refractivity contribution < 1.29 is 24.6 Å². The van der Waals surface area contributed by atoms with E-state index in [0.29, 0.717) is 0 Å². The number of carbonyl (C=O) groups excluding carboxylic acids is 2. The Morgan fingerprint density at radius 1 is 1.31 bits per heavy atom. The minimum absolute atomic E-state index is 0.0429. The summed E-state index contributed by atoms with van der Waals surface area (Å²) in [6.45, 7) is -0.0429. The van der Waals surface area contributed by atoms with E-state index in [1.807, 2.05) is 0 Å². The summed E-state index contributed by atoms with van der Waals surface area (Å²) in [4.78, 5) is 31.8. The number of primary amides is 1. The Morgan fingerprint density at radius 3 is 2.31 bits per heavy atom. The standard InChI is InChI=1S/C8H15N3O5/c9-4(3-6(10)13)7(14)11-2-1-5(12)8(15)16/h4-5,12H,1-3,9H2,(H2,10,13)(H,11,14)(H,15,16)/t4?,5-/m0/s1. The Morgan fingerprint density at radius 2 is 1.88 bits per heavy atom. The summed E-state index contributed by atoms with van der Waals surface area (Å²) in [5, 5.41) is 19.5. The first-order valence-electron chi connectivity index (χ1n) is 4.57. The molecule has 0 fully saturated rings. The Hall–Kier alpha value is -1.67. The molecule has 0 saturated heterocycles. The largest absolute Gasteiger partial charge is 0.479 e. The summed E-state index contributed by atoms with van der Waals surface area (Å²) in [7, 11) is 0. The van der Waals surface area contributed by atoms with Gasteiger partial charge in [0.15, 0.2) is 6.10 Å². The Kier molecular flexibility index (Phi) is 6.04. The number of carbonyl (C=O) groups is 3. The van der Waals surface area contributed by atoms with Gasteiger partial charge in [0.25, 0.3) is 0 Å². The van der Waals surface area contributed by atoms with Crippen molar-refractivity contribution in [3.05, 3.63) is 0 Å². The van der Waals surface area contributed by atoms with Gasteiger partial charge in [0.2, 0.25) is 11.8 Å². The number of carboxylic acids is 1. The van der Waals surface area contributed by atoms with E-state index in [9.17, 15) is 14.4 Å². The quantitative estimate of drug-likeness (QED) is 0.318. The van der Waals surface area contributed by atoms with E-state index in [0.717, 1.165) is 0 Å². The van der Waals surface area contributed by atoms with Gasteiger partial charge < -0.3 is 27.0 Å². The Labute approximate surface area is 91.6 Å². The third-order valence-corrected chi connectivity index (χ3v) is 1.76. The fraction of sp³-hybridized carbons (Fsp3) is 0.625. The van der Waals surface area contributed by atoms with Crippen molar-refractivity contribution in [1.29, 1.82) is 0 Å². The van der Waals surface area contributed by atoms with Gasteiger partial charge in [-0.15, -0.1) is 0 Å². The summed E-state index contributed by atoms with van der Waals surface area (Å²) in [6, 6.07) is -1.06. The molecule has 2 atom stereocenters. The number of amides is 2. The fourth-order valence-corrected chi connectivity index (χ4v) is 0.896. The molecule has 92 valence electrons. The van der Waals surface area contributed by atoms with Crippen LogP contribution in [0.1, 0.15) is 12.8 Å². The van der Waals surface area contributed by atoms with Crippen LogP contribution in [0.2, 0.25) is 0 Å². The molecule has 0 bridgehead atoms. The maximum atomic E-state index is 11.2. The number of nitrogens with two attached hydrogens (primary N) is 2. The van der Waals surface area contributed by atoms with Crippen molar-refractivity contribution in [3.8, 4) is 0 Å². The third kappa shape index (κ3) is 5.94. The van der Waals surface area contributed by atoms with E-state index in [1.165, 1.54) is 0 Å². The molecule has 2 amide bonds. The van der Waals surface area contributed by atoms with Crippen molar-refractivity contribution in [1.82, 2.24) is 5.32 Å². The topological polar surface area (TPSA) is 156 Å². The smallest absolute Gasteiger partial charge is 0.332 e. The molecule has 0 aliphatic carbocycles. The van der Waals surface area contributed by atoms with Gasteiger partial charge in [-0.3, -0.25) is 9.59 Å². The number of aliphatic hydroxyl groups excluding tert-OH is 1. The molecular formula is C8H15N3O5. The summed E-state index contributed by atoms with van der Waals surface area (Å²) in [6.07, 6.45) is -1.95. The zero-order chi connectivity index (χ0) is 12.7. The number of nitrogens with one attached hydrogen (secondary N) is 1. The van der Waals surface area contributed by atoms with Crippen molar-refractivity contribution in [3.63, 3.8) is 0 Å². The minimum atomic E-state index is -1.53. The van der Waals surface area contributed by atoms with Crippen molar-refractivity contribution in [2.24, 2.45) is 11.5 Å². The van der Waals surface area contributed by atoms with Crippen LogP contribution >= 0.6 is 0 Å². The van der Waals surface area contributed by atoms with Gasteiger partial charge in [0.1, 0.15) is 0 Å². The summed E-state index contributed by atoms with van der Waals surface area (Å²) in [5.41, 5.74) is 10.1. The normalized spacial score (nSPS) is 13.9. The molecule has 0 aliphatic heterocycles. The summed E-state index contributed by atoms with van der Waals surface area (Å²) < 4.78 is 0. The molecule has 8 nitrogen and oxygen atoms in total. The Bertz CT molecular complexity index is 281. The van der Waals surface area contributed by atoms with Gasteiger partial charge in [0.05, 0.1) is 12.5 Å². The van der Waals surface area contributed by atoms with Crippen molar-refractivity contribution in [2.75, 3.05) is 6.54 Å². The number of carboxylic acid groups (broad SMARTS) is 1. The molecule has 0 aromatic carbocycles. The second-order valence-corrected chi connectivity index (χ2v) is 3.21. The van der Waals surface area contributed by atoms with Gasteiger partial charge in [-0.1, -0.05) is 0 Å². The number of hydrogen-bond acceptors (Lipinski definition) is 5. The average Bonchev–Trinajstić information content (AvgIpc) is 2.15. The summed E-state index contributed by atoms with van der Waals surface area (Å²) in [5.74, 6) is -2.68.